The third-order valence-corrected chi connectivity index (χ3v) is 4.01. The Hall–Kier alpha value is -0.900. The first-order chi connectivity index (χ1) is 9.86. The first kappa shape index (κ1) is 18.1. The van der Waals surface area contributed by atoms with Crippen molar-refractivity contribution < 1.29 is 5.11 Å². The lowest BCUT2D eigenvalue weighted by atomic mass is 9.82. The number of nitrogens with zero attached hydrogens (tertiary/aromatic N) is 2. The van der Waals surface area contributed by atoms with Crippen molar-refractivity contribution in [2.24, 2.45) is 5.41 Å². The van der Waals surface area contributed by atoms with Gasteiger partial charge in [0.05, 0.1) is 6.10 Å². The molecule has 0 aliphatic rings. The highest BCUT2D eigenvalue weighted by atomic mass is 16.3. The number of aliphatic hydroxyl groups is 1. The van der Waals surface area contributed by atoms with Crippen LogP contribution in [0.4, 0.5) is 0 Å². The van der Waals surface area contributed by atoms with Crippen LogP contribution in [0.15, 0.2) is 30.3 Å². The van der Waals surface area contributed by atoms with Crippen molar-refractivity contribution in [3.63, 3.8) is 0 Å². The topological polar surface area (TPSA) is 26.7 Å². The van der Waals surface area contributed by atoms with Gasteiger partial charge in [-0.3, -0.25) is 0 Å². The molecule has 0 radical (unpaired) electrons. The molecule has 0 aliphatic heterocycles. The maximum absolute atomic E-state index is 10.7. The largest absolute Gasteiger partial charge is 0.388 e. The molecule has 1 unspecified atom stereocenters. The Bertz CT molecular complexity index is 389. The van der Waals surface area contributed by atoms with Gasteiger partial charge in [-0.2, -0.15) is 0 Å². The van der Waals surface area contributed by atoms with Crippen LogP contribution in [0.5, 0.6) is 0 Å². The summed E-state index contributed by atoms with van der Waals surface area (Å²) in [6.45, 7) is 10.6. The van der Waals surface area contributed by atoms with Gasteiger partial charge in [0.25, 0.3) is 0 Å². The van der Waals surface area contributed by atoms with Gasteiger partial charge in [-0.1, -0.05) is 51.1 Å². The SMILES string of the molecule is CCN(CCCN(C)C)CC(C)(C)C(O)c1ccccc1. The maximum atomic E-state index is 10.7. The van der Waals surface area contributed by atoms with Crippen molar-refractivity contribution in [3.8, 4) is 0 Å². The fourth-order valence-electron chi connectivity index (χ4n) is 2.71. The van der Waals surface area contributed by atoms with E-state index in [0.717, 1.165) is 31.7 Å². The van der Waals surface area contributed by atoms with Crippen molar-refractivity contribution in [3.05, 3.63) is 35.9 Å². The first-order valence-corrected chi connectivity index (χ1v) is 7.97. The molecule has 120 valence electrons. The van der Waals surface area contributed by atoms with Crippen molar-refractivity contribution >= 4 is 0 Å². The first-order valence-electron chi connectivity index (χ1n) is 7.97. The number of hydrogen-bond acceptors (Lipinski definition) is 3. The Morgan fingerprint density at radius 2 is 1.71 bits per heavy atom. The summed E-state index contributed by atoms with van der Waals surface area (Å²) < 4.78 is 0. The minimum absolute atomic E-state index is 0.157. The summed E-state index contributed by atoms with van der Waals surface area (Å²) in [7, 11) is 4.22. The minimum Gasteiger partial charge on any atom is -0.388 e. The van der Waals surface area contributed by atoms with E-state index in [2.05, 4.69) is 44.7 Å². The number of aliphatic hydroxyl groups excluding tert-OH is 1. The maximum Gasteiger partial charge on any atom is 0.0853 e. The van der Waals surface area contributed by atoms with Crippen LogP contribution >= 0.6 is 0 Å². The van der Waals surface area contributed by atoms with Gasteiger partial charge in [0.2, 0.25) is 0 Å². The van der Waals surface area contributed by atoms with Gasteiger partial charge >= 0.3 is 0 Å². The zero-order valence-corrected chi connectivity index (χ0v) is 14.3. The van der Waals surface area contributed by atoms with Gasteiger partial charge in [-0.15, -0.1) is 0 Å². The Morgan fingerprint density at radius 3 is 2.24 bits per heavy atom. The molecule has 0 heterocycles. The molecular weight excluding hydrogens is 260 g/mol. The standard InChI is InChI=1S/C18H32N2O/c1-6-20(14-10-13-19(4)5)15-18(2,3)17(21)16-11-8-7-9-12-16/h7-9,11-12,17,21H,6,10,13-15H2,1-5H3. The van der Waals surface area contributed by atoms with Crippen molar-refractivity contribution in [1.82, 2.24) is 9.80 Å². The molecule has 1 aromatic rings. The third-order valence-electron chi connectivity index (χ3n) is 4.01. The zero-order chi connectivity index (χ0) is 15.9. The number of rotatable bonds is 9. The van der Waals surface area contributed by atoms with Crippen LogP contribution in [-0.4, -0.2) is 55.2 Å². The van der Waals surface area contributed by atoms with E-state index in [9.17, 15) is 5.11 Å². The molecule has 0 aliphatic carbocycles. The van der Waals surface area contributed by atoms with Gasteiger partial charge in [0.1, 0.15) is 0 Å². The monoisotopic (exact) mass is 292 g/mol. The molecule has 0 aromatic heterocycles. The highest BCUT2D eigenvalue weighted by Gasteiger charge is 2.30. The summed E-state index contributed by atoms with van der Waals surface area (Å²) in [5.41, 5.74) is 0.849. The second-order valence-electron chi connectivity index (χ2n) is 6.83. The Balaban J connectivity index is 2.60. The summed E-state index contributed by atoms with van der Waals surface area (Å²) in [6, 6.07) is 9.99. The van der Waals surface area contributed by atoms with Crippen LogP contribution in [0.1, 0.15) is 38.9 Å². The summed E-state index contributed by atoms with van der Waals surface area (Å²) >= 11 is 0. The summed E-state index contributed by atoms with van der Waals surface area (Å²) in [5.74, 6) is 0. The molecule has 0 bridgehead atoms. The molecule has 1 rings (SSSR count). The quantitative estimate of drug-likeness (QED) is 0.758. The van der Waals surface area contributed by atoms with E-state index in [4.69, 9.17) is 0 Å². The molecule has 0 amide bonds. The molecule has 21 heavy (non-hydrogen) atoms. The van der Waals surface area contributed by atoms with Crippen LogP contribution in [-0.2, 0) is 0 Å². The predicted molar refractivity (Wildman–Crippen MR) is 90.5 cm³/mol. The molecule has 0 saturated carbocycles. The van der Waals surface area contributed by atoms with Gasteiger partial charge in [-0.25, -0.2) is 0 Å². The lowest BCUT2D eigenvalue weighted by Crippen LogP contribution is -2.39. The molecule has 1 aromatic carbocycles. The Labute approximate surface area is 130 Å². The van der Waals surface area contributed by atoms with Gasteiger partial charge in [0, 0.05) is 12.0 Å². The smallest absolute Gasteiger partial charge is 0.0853 e. The summed E-state index contributed by atoms with van der Waals surface area (Å²) in [6.07, 6.45) is 0.736. The lowest BCUT2D eigenvalue weighted by Gasteiger charge is -2.36. The molecule has 0 saturated heterocycles. The van der Waals surface area contributed by atoms with E-state index in [1.807, 2.05) is 30.3 Å². The Kier molecular flexibility index (Phi) is 7.36. The molecule has 0 spiro atoms. The number of hydrogen-bond donors (Lipinski definition) is 1. The highest BCUT2D eigenvalue weighted by molar-refractivity contribution is 5.19. The number of benzene rings is 1. The fourth-order valence-corrected chi connectivity index (χ4v) is 2.71. The predicted octanol–water partition coefficient (Wildman–Crippen LogP) is 3.02. The highest BCUT2D eigenvalue weighted by Crippen LogP contribution is 2.33. The molecule has 3 nitrogen and oxygen atoms in total. The van der Waals surface area contributed by atoms with Crippen molar-refractivity contribution in [1.29, 1.82) is 0 Å². The van der Waals surface area contributed by atoms with E-state index in [0.29, 0.717) is 0 Å². The van der Waals surface area contributed by atoms with Gasteiger partial charge < -0.3 is 14.9 Å². The van der Waals surface area contributed by atoms with E-state index < -0.39 is 6.10 Å². The second-order valence-corrected chi connectivity index (χ2v) is 6.83. The zero-order valence-electron chi connectivity index (χ0n) is 14.3. The normalized spacial score (nSPS) is 13.9. The van der Waals surface area contributed by atoms with Crippen LogP contribution in [0, 0.1) is 5.41 Å². The van der Waals surface area contributed by atoms with Gasteiger partial charge in [-0.05, 0) is 45.7 Å². The van der Waals surface area contributed by atoms with Crippen molar-refractivity contribution in [2.45, 2.75) is 33.3 Å². The fraction of sp³-hybridized carbons (Fsp3) is 0.667. The summed E-state index contributed by atoms with van der Waals surface area (Å²) in [5, 5.41) is 10.7. The lowest BCUT2D eigenvalue weighted by molar-refractivity contribution is 0.0207. The van der Waals surface area contributed by atoms with E-state index in [1.54, 1.807) is 0 Å². The molecular formula is C18H32N2O. The van der Waals surface area contributed by atoms with E-state index in [1.165, 1.54) is 6.42 Å². The third kappa shape index (κ3) is 6.16. The molecule has 1 atom stereocenters. The average Bonchev–Trinajstić information content (AvgIpc) is 2.45. The summed E-state index contributed by atoms with van der Waals surface area (Å²) in [4.78, 5) is 4.66. The van der Waals surface area contributed by atoms with E-state index in [-0.39, 0.29) is 5.41 Å². The van der Waals surface area contributed by atoms with Crippen molar-refractivity contribution in [2.75, 3.05) is 40.3 Å². The molecule has 1 N–H and O–H groups in total. The molecule has 0 fully saturated rings. The van der Waals surface area contributed by atoms with E-state index >= 15 is 0 Å². The average molecular weight is 292 g/mol. The van der Waals surface area contributed by atoms with Crippen LogP contribution in [0.3, 0.4) is 0 Å². The van der Waals surface area contributed by atoms with Gasteiger partial charge in [0.15, 0.2) is 0 Å². The second kappa shape index (κ2) is 8.52. The Morgan fingerprint density at radius 1 is 1.10 bits per heavy atom. The molecule has 3 heteroatoms. The van der Waals surface area contributed by atoms with Crippen LogP contribution in [0.2, 0.25) is 0 Å². The van der Waals surface area contributed by atoms with Crippen LogP contribution < -0.4 is 0 Å². The van der Waals surface area contributed by atoms with Crippen LogP contribution in [0.25, 0.3) is 0 Å². The minimum atomic E-state index is -0.429.